The van der Waals surface area contributed by atoms with Crippen molar-refractivity contribution >= 4 is 11.9 Å². The van der Waals surface area contributed by atoms with Crippen LogP contribution in [0.5, 0.6) is 5.75 Å². The molecule has 0 saturated carbocycles. The fraction of sp³-hybridized carbons (Fsp3) is 0.259. The van der Waals surface area contributed by atoms with E-state index in [1.807, 2.05) is 50.2 Å². The molecule has 0 aliphatic rings. The normalized spacial score (nSPS) is 12.3. The molecule has 0 fully saturated rings. The van der Waals surface area contributed by atoms with Gasteiger partial charge in [-0.05, 0) is 47.4 Å². The third-order valence-electron chi connectivity index (χ3n) is 4.95. The molecule has 2 aromatic rings. The number of hydrogen-bond donors (Lipinski definition) is 1. The predicted octanol–water partition coefficient (Wildman–Crippen LogP) is 4.95. The summed E-state index contributed by atoms with van der Waals surface area (Å²) < 4.78 is 15.8. The van der Waals surface area contributed by atoms with Crippen molar-refractivity contribution in [2.24, 2.45) is 11.7 Å². The molecule has 33 heavy (non-hydrogen) atoms. The van der Waals surface area contributed by atoms with Gasteiger partial charge in [0.25, 0.3) is 0 Å². The smallest absolute Gasteiger partial charge is 0.343 e. The first kappa shape index (κ1) is 25.6. The molecule has 2 rings (SSSR count). The highest BCUT2D eigenvalue weighted by molar-refractivity contribution is 5.93. The summed E-state index contributed by atoms with van der Waals surface area (Å²) in [4.78, 5) is 24.0. The molecule has 0 aliphatic carbocycles. The second-order valence-corrected chi connectivity index (χ2v) is 7.32. The maximum atomic E-state index is 12.4. The van der Waals surface area contributed by atoms with Crippen LogP contribution in [0.3, 0.4) is 0 Å². The van der Waals surface area contributed by atoms with Gasteiger partial charge in [-0.3, -0.25) is 4.79 Å². The lowest BCUT2D eigenvalue weighted by Crippen LogP contribution is -2.16. The van der Waals surface area contributed by atoms with Crippen LogP contribution < -0.4 is 10.5 Å². The lowest BCUT2D eigenvalue weighted by atomic mass is 10.0. The van der Waals surface area contributed by atoms with E-state index in [9.17, 15) is 9.59 Å². The summed E-state index contributed by atoms with van der Waals surface area (Å²) in [5, 5.41) is 0. The summed E-state index contributed by atoms with van der Waals surface area (Å²) in [6.07, 6.45) is 6.65. The number of allylic oxidation sites excluding steroid dienone is 2. The molecular weight excluding hydrogens is 418 g/mol. The van der Waals surface area contributed by atoms with E-state index in [-0.39, 0.29) is 30.7 Å². The molecule has 2 aromatic carbocycles. The summed E-state index contributed by atoms with van der Waals surface area (Å²) in [6.45, 7) is 8.30. The average Bonchev–Trinajstić information content (AvgIpc) is 2.85. The number of esters is 2. The number of nitrogens with two attached hydrogens (primary N) is 1. The van der Waals surface area contributed by atoms with Gasteiger partial charge in [-0.2, -0.15) is 0 Å². The first-order valence-corrected chi connectivity index (χ1v) is 10.9. The second-order valence-electron chi connectivity index (χ2n) is 7.32. The summed E-state index contributed by atoms with van der Waals surface area (Å²) in [5.74, 6) is -0.460. The molecule has 0 spiro atoms. The molecule has 0 amide bonds. The van der Waals surface area contributed by atoms with Crippen molar-refractivity contribution in [3.63, 3.8) is 0 Å². The standard InChI is InChI=1S/C27H31NO5/c1-4-20(3)26(29)32-18-17-31-16-6-7-22(5-2)27(30)33-25-14-12-24(13-15-25)23-10-8-21(19-28)9-11-23/h5-16,20H,2,4,17-19,28H2,1,3H3. The van der Waals surface area contributed by atoms with E-state index in [2.05, 4.69) is 6.58 Å². The monoisotopic (exact) mass is 449 g/mol. The van der Waals surface area contributed by atoms with Gasteiger partial charge in [0.05, 0.1) is 17.8 Å². The Bertz CT molecular complexity index is 975. The van der Waals surface area contributed by atoms with Crippen molar-refractivity contribution in [1.29, 1.82) is 0 Å². The summed E-state index contributed by atoms with van der Waals surface area (Å²) in [6, 6.07) is 15.2. The van der Waals surface area contributed by atoms with Crippen LogP contribution in [0.15, 0.2) is 85.2 Å². The van der Waals surface area contributed by atoms with Gasteiger partial charge in [-0.1, -0.05) is 62.9 Å². The number of hydrogen-bond acceptors (Lipinski definition) is 6. The van der Waals surface area contributed by atoms with E-state index in [0.717, 1.165) is 23.1 Å². The SMILES string of the molecule is C=CC(=CC=COCCOC(=O)C(C)CC)C(=O)Oc1ccc(-c2ccc(CN)cc2)cc1. The van der Waals surface area contributed by atoms with Crippen LogP contribution in [0.25, 0.3) is 11.1 Å². The molecule has 0 bridgehead atoms. The van der Waals surface area contributed by atoms with Gasteiger partial charge in [-0.25, -0.2) is 4.79 Å². The molecule has 1 atom stereocenters. The Balaban J connectivity index is 1.84. The van der Waals surface area contributed by atoms with Crippen LogP contribution in [-0.2, 0) is 25.6 Å². The van der Waals surface area contributed by atoms with E-state index < -0.39 is 5.97 Å². The van der Waals surface area contributed by atoms with Crippen LogP contribution in [-0.4, -0.2) is 25.2 Å². The molecule has 0 aliphatic heterocycles. The fourth-order valence-electron chi connectivity index (χ4n) is 2.70. The molecule has 0 aromatic heterocycles. The number of carbonyl (C=O) groups is 2. The van der Waals surface area contributed by atoms with Gasteiger partial charge in [0.1, 0.15) is 19.0 Å². The van der Waals surface area contributed by atoms with Crippen molar-refractivity contribution in [3.8, 4) is 16.9 Å². The van der Waals surface area contributed by atoms with Crippen molar-refractivity contribution in [2.75, 3.05) is 13.2 Å². The lowest BCUT2D eigenvalue weighted by Gasteiger charge is -2.08. The Kier molecular flexibility index (Phi) is 10.6. The van der Waals surface area contributed by atoms with Crippen molar-refractivity contribution < 1.29 is 23.8 Å². The largest absolute Gasteiger partial charge is 0.498 e. The molecule has 1 unspecified atom stereocenters. The zero-order valence-electron chi connectivity index (χ0n) is 19.2. The van der Waals surface area contributed by atoms with Gasteiger partial charge < -0.3 is 19.9 Å². The first-order valence-electron chi connectivity index (χ1n) is 10.9. The van der Waals surface area contributed by atoms with Gasteiger partial charge >= 0.3 is 11.9 Å². The van der Waals surface area contributed by atoms with Crippen molar-refractivity contribution in [3.05, 3.63) is 90.7 Å². The first-order chi connectivity index (χ1) is 16.0. The Morgan fingerprint density at radius 1 is 1.03 bits per heavy atom. The second kappa shape index (κ2) is 13.7. The minimum Gasteiger partial charge on any atom is -0.498 e. The highest BCUT2D eigenvalue weighted by Crippen LogP contribution is 2.23. The van der Waals surface area contributed by atoms with Gasteiger partial charge in [0.2, 0.25) is 0 Å². The van der Waals surface area contributed by atoms with Crippen LogP contribution in [0.2, 0.25) is 0 Å². The Morgan fingerprint density at radius 2 is 1.67 bits per heavy atom. The summed E-state index contributed by atoms with van der Waals surface area (Å²) >= 11 is 0. The summed E-state index contributed by atoms with van der Waals surface area (Å²) in [7, 11) is 0. The molecule has 0 saturated heterocycles. The molecule has 0 heterocycles. The number of rotatable bonds is 12. The van der Waals surface area contributed by atoms with Crippen molar-refractivity contribution in [2.45, 2.75) is 26.8 Å². The number of benzene rings is 2. The molecular formula is C27H31NO5. The van der Waals surface area contributed by atoms with E-state index in [1.165, 1.54) is 18.4 Å². The molecule has 2 N–H and O–H groups in total. The molecule has 6 heteroatoms. The quantitative estimate of drug-likeness (QED) is 0.123. The highest BCUT2D eigenvalue weighted by Gasteiger charge is 2.11. The fourth-order valence-corrected chi connectivity index (χ4v) is 2.70. The third-order valence-corrected chi connectivity index (χ3v) is 4.95. The maximum absolute atomic E-state index is 12.4. The molecule has 6 nitrogen and oxygen atoms in total. The van der Waals surface area contributed by atoms with E-state index in [4.69, 9.17) is 19.9 Å². The van der Waals surface area contributed by atoms with Crippen molar-refractivity contribution in [1.82, 2.24) is 0 Å². The van der Waals surface area contributed by atoms with Gasteiger partial charge in [0, 0.05) is 6.54 Å². The number of ether oxygens (including phenoxy) is 3. The van der Waals surface area contributed by atoms with Crippen LogP contribution >= 0.6 is 0 Å². The van der Waals surface area contributed by atoms with Gasteiger partial charge in [-0.15, -0.1) is 0 Å². The highest BCUT2D eigenvalue weighted by atomic mass is 16.6. The average molecular weight is 450 g/mol. The Labute approximate surface area is 195 Å². The van der Waals surface area contributed by atoms with Crippen LogP contribution in [0.1, 0.15) is 25.8 Å². The van der Waals surface area contributed by atoms with Crippen LogP contribution in [0.4, 0.5) is 0 Å². The lowest BCUT2D eigenvalue weighted by molar-refractivity contribution is -0.149. The van der Waals surface area contributed by atoms with E-state index in [1.54, 1.807) is 18.2 Å². The zero-order valence-corrected chi connectivity index (χ0v) is 19.2. The molecule has 0 radical (unpaired) electrons. The minimum atomic E-state index is -0.530. The van der Waals surface area contributed by atoms with E-state index in [0.29, 0.717) is 12.3 Å². The third kappa shape index (κ3) is 8.43. The Hall–Kier alpha value is -3.64. The van der Waals surface area contributed by atoms with Gasteiger partial charge in [0.15, 0.2) is 0 Å². The molecule has 174 valence electrons. The number of carbonyl (C=O) groups excluding carboxylic acids is 2. The topological polar surface area (TPSA) is 87.8 Å². The predicted molar refractivity (Wildman–Crippen MR) is 129 cm³/mol. The minimum absolute atomic E-state index is 0.122. The summed E-state index contributed by atoms with van der Waals surface area (Å²) in [5.41, 5.74) is 9.04. The van der Waals surface area contributed by atoms with Crippen LogP contribution in [0, 0.1) is 5.92 Å². The zero-order chi connectivity index (χ0) is 24.1. The Morgan fingerprint density at radius 3 is 2.24 bits per heavy atom. The maximum Gasteiger partial charge on any atom is 0.343 e. The van der Waals surface area contributed by atoms with E-state index >= 15 is 0 Å².